The first kappa shape index (κ1) is 20.5. The average Bonchev–Trinajstić information content (AvgIpc) is 2.87. The van der Waals surface area contributed by atoms with E-state index in [4.69, 9.17) is 4.74 Å². The molecule has 1 atom stereocenters. The lowest BCUT2D eigenvalue weighted by Gasteiger charge is -2.31. The smallest absolute Gasteiger partial charge is 0.227 e. The van der Waals surface area contributed by atoms with Gasteiger partial charge in [0.05, 0.1) is 13.0 Å². The van der Waals surface area contributed by atoms with Gasteiger partial charge < -0.3 is 14.5 Å². The lowest BCUT2D eigenvalue weighted by molar-refractivity contribution is -0.138. The van der Waals surface area contributed by atoms with Crippen LogP contribution in [-0.4, -0.2) is 55.4 Å². The Balaban J connectivity index is 1.46. The number of likely N-dealkylation sites (N-methyl/N-ethyl adjacent to an activating group) is 1. The number of hydrogen-bond donors (Lipinski definition) is 0. The molecule has 0 spiro atoms. The third-order valence-corrected chi connectivity index (χ3v) is 6.50. The monoisotopic (exact) mass is 406 g/mol. The second-order valence-electron chi connectivity index (χ2n) is 8.50. The summed E-state index contributed by atoms with van der Waals surface area (Å²) in [4.78, 5) is 29.4. The number of carbonyl (C=O) groups excluding carboxylic acids is 2. The van der Waals surface area contributed by atoms with E-state index < -0.39 is 0 Å². The SMILES string of the molecule is COc1ccc(-c2ccc(CC3CN(C(=O)C4CCC4)CCN(C)C3=O)cc2)cc1. The Labute approximate surface area is 178 Å². The van der Waals surface area contributed by atoms with Crippen LogP contribution in [0, 0.1) is 11.8 Å². The summed E-state index contributed by atoms with van der Waals surface area (Å²) in [5.41, 5.74) is 3.38. The van der Waals surface area contributed by atoms with Crippen LogP contribution in [-0.2, 0) is 16.0 Å². The first-order chi connectivity index (χ1) is 14.5. The quantitative estimate of drug-likeness (QED) is 0.762. The Morgan fingerprint density at radius 1 is 1.00 bits per heavy atom. The normalized spacial score (nSPS) is 19.9. The van der Waals surface area contributed by atoms with Crippen molar-refractivity contribution in [3.8, 4) is 16.9 Å². The Kier molecular flexibility index (Phi) is 6.07. The van der Waals surface area contributed by atoms with Crippen LogP contribution in [0.25, 0.3) is 11.1 Å². The highest BCUT2D eigenvalue weighted by molar-refractivity contribution is 5.83. The predicted molar refractivity (Wildman–Crippen MR) is 117 cm³/mol. The minimum absolute atomic E-state index is 0.137. The summed E-state index contributed by atoms with van der Waals surface area (Å²) in [5.74, 6) is 1.20. The second kappa shape index (κ2) is 8.90. The first-order valence-corrected chi connectivity index (χ1v) is 10.8. The molecule has 30 heavy (non-hydrogen) atoms. The molecule has 2 aliphatic rings. The van der Waals surface area contributed by atoms with E-state index in [0.717, 1.165) is 41.7 Å². The van der Waals surface area contributed by atoms with Crippen LogP contribution in [0.2, 0.25) is 0 Å². The van der Waals surface area contributed by atoms with Crippen LogP contribution < -0.4 is 4.74 Å². The number of benzene rings is 2. The standard InChI is InChI=1S/C25H30N2O3/c1-26-14-15-27(25(29)21-4-3-5-21)17-22(24(26)28)16-18-6-8-19(9-7-18)20-10-12-23(30-2)13-11-20/h6-13,21-22H,3-5,14-17H2,1-2H3. The number of carbonyl (C=O) groups is 2. The lowest BCUT2D eigenvalue weighted by Crippen LogP contribution is -2.42. The number of methoxy groups -OCH3 is 1. The fourth-order valence-electron chi connectivity index (χ4n) is 4.29. The maximum Gasteiger partial charge on any atom is 0.227 e. The molecule has 5 nitrogen and oxygen atoms in total. The molecule has 1 unspecified atom stereocenters. The van der Waals surface area contributed by atoms with Gasteiger partial charge in [-0.2, -0.15) is 0 Å². The molecule has 158 valence electrons. The highest BCUT2D eigenvalue weighted by atomic mass is 16.5. The van der Waals surface area contributed by atoms with Crippen molar-refractivity contribution in [2.75, 3.05) is 33.8 Å². The summed E-state index contributed by atoms with van der Waals surface area (Å²) < 4.78 is 5.22. The molecule has 2 aromatic rings. The maximum absolute atomic E-state index is 12.9. The van der Waals surface area contributed by atoms with Crippen LogP contribution in [0.5, 0.6) is 5.75 Å². The molecule has 1 aliphatic carbocycles. The highest BCUT2D eigenvalue weighted by Gasteiger charge is 2.35. The molecule has 4 rings (SSSR count). The maximum atomic E-state index is 12.9. The summed E-state index contributed by atoms with van der Waals surface area (Å²) in [6.07, 6.45) is 3.79. The number of nitrogens with zero attached hydrogens (tertiary/aromatic N) is 2. The first-order valence-electron chi connectivity index (χ1n) is 10.8. The summed E-state index contributed by atoms with van der Waals surface area (Å²) >= 11 is 0. The van der Waals surface area contributed by atoms with E-state index in [1.165, 1.54) is 0 Å². The molecule has 5 heteroatoms. The van der Waals surface area contributed by atoms with Crippen LogP contribution in [0.1, 0.15) is 24.8 Å². The molecule has 1 heterocycles. The van der Waals surface area contributed by atoms with E-state index >= 15 is 0 Å². The van der Waals surface area contributed by atoms with Gasteiger partial charge in [-0.05, 0) is 48.1 Å². The summed E-state index contributed by atoms with van der Waals surface area (Å²) in [6.45, 7) is 1.79. The van der Waals surface area contributed by atoms with Crippen molar-refractivity contribution in [3.63, 3.8) is 0 Å². The van der Waals surface area contributed by atoms with Crippen molar-refractivity contribution >= 4 is 11.8 Å². The molecule has 0 aromatic heterocycles. The van der Waals surface area contributed by atoms with E-state index in [2.05, 4.69) is 24.3 Å². The number of amides is 2. The molecule has 1 saturated carbocycles. The van der Waals surface area contributed by atoms with Gasteiger partial charge in [-0.3, -0.25) is 9.59 Å². The van der Waals surface area contributed by atoms with Gasteiger partial charge in [0.15, 0.2) is 0 Å². The van der Waals surface area contributed by atoms with Gasteiger partial charge in [0, 0.05) is 32.6 Å². The number of hydrogen-bond acceptors (Lipinski definition) is 3. The lowest BCUT2D eigenvalue weighted by atomic mass is 9.84. The van der Waals surface area contributed by atoms with Crippen molar-refractivity contribution in [1.82, 2.24) is 9.80 Å². The topological polar surface area (TPSA) is 49.9 Å². The van der Waals surface area contributed by atoms with E-state index in [-0.39, 0.29) is 23.7 Å². The summed E-state index contributed by atoms with van der Waals surface area (Å²) in [7, 11) is 3.51. The molecule has 0 radical (unpaired) electrons. The molecular formula is C25H30N2O3. The molecule has 1 aliphatic heterocycles. The molecule has 0 bridgehead atoms. The van der Waals surface area contributed by atoms with Crippen molar-refractivity contribution in [3.05, 3.63) is 54.1 Å². The average molecular weight is 407 g/mol. The Bertz CT molecular complexity index is 888. The summed E-state index contributed by atoms with van der Waals surface area (Å²) in [6, 6.07) is 16.4. The minimum atomic E-state index is -0.187. The van der Waals surface area contributed by atoms with E-state index in [1.807, 2.05) is 36.2 Å². The second-order valence-corrected chi connectivity index (χ2v) is 8.50. The molecule has 2 fully saturated rings. The van der Waals surface area contributed by atoms with Crippen LogP contribution in [0.4, 0.5) is 0 Å². The van der Waals surface area contributed by atoms with Crippen molar-refractivity contribution < 1.29 is 14.3 Å². The minimum Gasteiger partial charge on any atom is -0.497 e. The molecule has 2 aromatic carbocycles. The Morgan fingerprint density at radius 2 is 1.63 bits per heavy atom. The highest BCUT2D eigenvalue weighted by Crippen LogP contribution is 2.29. The molecule has 0 N–H and O–H groups in total. The van der Waals surface area contributed by atoms with Gasteiger partial charge in [-0.15, -0.1) is 0 Å². The van der Waals surface area contributed by atoms with E-state index in [0.29, 0.717) is 26.1 Å². The number of rotatable bonds is 5. The third-order valence-electron chi connectivity index (χ3n) is 6.50. The third kappa shape index (κ3) is 4.35. The van der Waals surface area contributed by atoms with Gasteiger partial charge in [0.1, 0.15) is 5.75 Å². The van der Waals surface area contributed by atoms with Gasteiger partial charge in [-0.1, -0.05) is 42.8 Å². The molecule has 2 amide bonds. The zero-order chi connectivity index (χ0) is 21.1. The Hall–Kier alpha value is -2.82. The Morgan fingerprint density at radius 3 is 2.20 bits per heavy atom. The fraction of sp³-hybridized carbons (Fsp3) is 0.440. The van der Waals surface area contributed by atoms with Crippen molar-refractivity contribution in [1.29, 1.82) is 0 Å². The van der Waals surface area contributed by atoms with Gasteiger partial charge in [0.25, 0.3) is 0 Å². The number of ether oxygens (including phenoxy) is 1. The summed E-state index contributed by atoms with van der Waals surface area (Å²) in [5, 5.41) is 0. The van der Waals surface area contributed by atoms with Gasteiger partial charge in [-0.25, -0.2) is 0 Å². The van der Waals surface area contributed by atoms with Crippen molar-refractivity contribution in [2.24, 2.45) is 11.8 Å². The largest absolute Gasteiger partial charge is 0.497 e. The van der Waals surface area contributed by atoms with Crippen molar-refractivity contribution in [2.45, 2.75) is 25.7 Å². The van der Waals surface area contributed by atoms with Crippen LogP contribution >= 0.6 is 0 Å². The van der Waals surface area contributed by atoms with E-state index in [1.54, 1.807) is 12.0 Å². The van der Waals surface area contributed by atoms with Gasteiger partial charge >= 0.3 is 0 Å². The van der Waals surface area contributed by atoms with Crippen LogP contribution in [0.15, 0.2) is 48.5 Å². The van der Waals surface area contributed by atoms with Gasteiger partial charge in [0.2, 0.25) is 11.8 Å². The molecule has 1 saturated heterocycles. The molecular weight excluding hydrogens is 376 g/mol. The van der Waals surface area contributed by atoms with E-state index in [9.17, 15) is 9.59 Å². The van der Waals surface area contributed by atoms with Crippen LogP contribution in [0.3, 0.4) is 0 Å². The zero-order valence-corrected chi connectivity index (χ0v) is 17.8. The zero-order valence-electron chi connectivity index (χ0n) is 17.8. The fourth-order valence-corrected chi connectivity index (χ4v) is 4.29. The predicted octanol–water partition coefficient (Wildman–Crippen LogP) is 3.62.